The molecule has 0 saturated heterocycles. The molecule has 0 saturated carbocycles. The van der Waals surface area contributed by atoms with E-state index >= 15 is 0 Å². The molecule has 2 heteroatoms. The first-order chi connectivity index (χ1) is 9.43. The molecular formula is C17H14N2. The van der Waals surface area contributed by atoms with Gasteiger partial charge in [-0.1, -0.05) is 48.6 Å². The number of benzene rings is 1. The van der Waals surface area contributed by atoms with Gasteiger partial charge in [-0.15, -0.1) is 0 Å². The van der Waals surface area contributed by atoms with Crippen LogP contribution in [-0.4, -0.2) is 10.7 Å². The Labute approximate surface area is 112 Å². The molecule has 3 rings (SSSR count). The average molecular weight is 246 g/mol. The molecule has 0 spiro atoms. The first-order valence-electron chi connectivity index (χ1n) is 6.35. The predicted molar refractivity (Wildman–Crippen MR) is 79.0 cm³/mol. The van der Waals surface area contributed by atoms with Crippen LogP contribution in [0.15, 0.2) is 77.9 Å². The zero-order chi connectivity index (χ0) is 12.9. The van der Waals surface area contributed by atoms with E-state index in [2.05, 4.69) is 23.2 Å². The fourth-order valence-electron chi connectivity index (χ4n) is 2.04. The van der Waals surface area contributed by atoms with Gasteiger partial charge in [-0.05, 0) is 23.8 Å². The molecule has 0 bridgehead atoms. The number of pyridine rings is 1. The number of aromatic nitrogens is 1. The van der Waals surface area contributed by atoms with Crippen molar-refractivity contribution in [3.63, 3.8) is 0 Å². The second kappa shape index (κ2) is 5.44. The maximum absolute atomic E-state index is 4.77. The lowest BCUT2D eigenvalue weighted by atomic mass is 10.1. The van der Waals surface area contributed by atoms with Gasteiger partial charge in [0.15, 0.2) is 0 Å². The van der Waals surface area contributed by atoms with Crippen LogP contribution < -0.4 is 0 Å². The molecule has 0 fully saturated rings. The molecule has 1 aliphatic rings. The molecule has 0 amide bonds. The lowest BCUT2D eigenvalue weighted by Gasteiger charge is -2.05. The van der Waals surface area contributed by atoms with Crippen molar-refractivity contribution in [3.8, 4) is 0 Å². The summed E-state index contributed by atoms with van der Waals surface area (Å²) in [5.41, 5.74) is 4.05. The van der Waals surface area contributed by atoms with Gasteiger partial charge in [-0.2, -0.15) is 0 Å². The van der Waals surface area contributed by atoms with Crippen LogP contribution in [0.3, 0.4) is 0 Å². The minimum atomic E-state index is 0.844. The van der Waals surface area contributed by atoms with Crippen LogP contribution in [0.25, 0.3) is 5.70 Å². The molecular weight excluding hydrogens is 232 g/mol. The van der Waals surface area contributed by atoms with Crippen molar-refractivity contribution >= 4 is 11.4 Å². The second-order valence-electron chi connectivity index (χ2n) is 4.32. The smallest absolute Gasteiger partial charge is 0.0889 e. The van der Waals surface area contributed by atoms with Crippen LogP contribution in [0.2, 0.25) is 0 Å². The van der Waals surface area contributed by atoms with Gasteiger partial charge in [-0.25, -0.2) is 0 Å². The third-order valence-electron chi connectivity index (χ3n) is 2.99. The minimum absolute atomic E-state index is 0.844. The van der Waals surface area contributed by atoms with Gasteiger partial charge < -0.3 is 0 Å². The Kier molecular flexibility index (Phi) is 3.32. The summed E-state index contributed by atoms with van der Waals surface area (Å²) in [5, 5.41) is 0. The molecule has 0 unspecified atom stereocenters. The third-order valence-corrected chi connectivity index (χ3v) is 2.99. The molecule has 0 radical (unpaired) electrons. The molecule has 1 aromatic carbocycles. The van der Waals surface area contributed by atoms with Gasteiger partial charge in [0.05, 0.1) is 17.1 Å². The Morgan fingerprint density at radius 1 is 0.895 bits per heavy atom. The van der Waals surface area contributed by atoms with Gasteiger partial charge in [0.2, 0.25) is 0 Å². The maximum Gasteiger partial charge on any atom is 0.0889 e. The quantitative estimate of drug-likeness (QED) is 0.789. The lowest BCUT2D eigenvalue weighted by Crippen LogP contribution is -1.99. The standard InChI is InChI=1S/C17H14N2/c1-2-8-14(9-3-1)15-10-4-5-12-17(19-15)16-11-6-7-13-18-16/h1-9,11-13H,10H2. The highest BCUT2D eigenvalue weighted by Crippen LogP contribution is 2.19. The Morgan fingerprint density at radius 2 is 1.74 bits per heavy atom. The van der Waals surface area contributed by atoms with Crippen LogP contribution in [0, 0.1) is 0 Å². The third kappa shape index (κ3) is 2.68. The lowest BCUT2D eigenvalue weighted by molar-refractivity contribution is 1.25. The summed E-state index contributed by atoms with van der Waals surface area (Å²) >= 11 is 0. The summed E-state index contributed by atoms with van der Waals surface area (Å²) in [5.74, 6) is 0. The Bertz CT molecular complexity index is 637. The van der Waals surface area contributed by atoms with Crippen LogP contribution in [-0.2, 0) is 0 Å². The van der Waals surface area contributed by atoms with Crippen LogP contribution in [0.4, 0.5) is 0 Å². The molecule has 2 nitrogen and oxygen atoms in total. The maximum atomic E-state index is 4.77. The summed E-state index contributed by atoms with van der Waals surface area (Å²) in [7, 11) is 0. The van der Waals surface area contributed by atoms with E-state index in [-0.39, 0.29) is 0 Å². The number of nitrogens with zero attached hydrogens (tertiary/aromatic N) is 2. The highest BCUT2D eigenvalue weighted by atomic mass is 14.8. The molecule has 0 atom stereocenters. The van der Waals surface area contributed by atoms with Crippen LogP contribution >= 0.6 is 0 Å². The number of hydrogen-bond acceptors (Lipinski definition) is 2. The molecule has 19 heavy (non-hydrogen) atoms. The van der Waals surface area contributed by atoms with E-state index in [1.54, 1.807) is 6.20 Å². The van der Waals surface area contributed by atoms with Crippen molar-refractivity contribution in [1.29, 1.82) is 0 Å². The van der Waals surface area contributed by atoms with Gasteiger partial charge >= 0.3 is 0 Å². The SMILES string of the molecule is C1=CCC(c2ccccc2)=NC(c2ccccn2)=C1. The van der Waals surface area contributed by atoms with E-state index < -0.39 is 0 Å². The monoisotopic (exact) mass is 246 g/mol. The normalized spacial score (nSPS) is 14.5. The highest BCUT2D eigenvalue weighted by molar-refractivity contribution is 6.04. The van der Waals surface area contributed by atoms with Crippen LogP contribution in [0.1, 0.15) is 17.7 Å². The van der Waals surface area contributed by atoms with Crippen molar-refractivity contribution < 1.29 is 0 Å². The van der Waals surface area contributed by atoms with Gasteiger partial charge in [0, 0.05) is 12.6 Å². The number of allylic oxidation sites excluding steroid dienone is 3. The van der Waals surface area contributed by atoms with Crippen molar-refractivity contribution in [2.24, 2.45) is 4.99 Å². The molecule has 1 aromatic heterocycles. The van der Waals surface area contributed by atoms with Gasteiger partial charge in [-0.3, -0.25) is 9.98 Å². The molecule has 1 aliphatic heterocycles. The highest BCUT2D eigenvalue weighted by Gasteiger charge is 2.07. The largest absolute Gasteiger partial charge is 0.255 e. The predicted octanol–water partition coefficient (Wildman–Crippen LogP) is 3.87. The summed E-state index contributed by atoms with van der Waals surface area (Å²) in [4.78, 5) is 9.13. The Morgan fingerprint density at radius 3 is 2.53 bits per heavy atom. The van der Waals surface area contributed by atoms with E-state index in [1.165, 1.54) is 0 Å². The zero-order valence-corrected chi connectivity index (χ0v) is 10.5. The van der Waals surface area contributed by atoms with E-state index in [0.29, 0.717) is 0 Å². The molecule has 0 aliphatic carbocycles. The van der Waals surface area contributed by atoms with Gasteiger partial charge in [0.1, 0.15) is 0 Å². The number of hydrogen-bond donors (Lipinski definition) is 0. The molecule has 0 N–H and O–H groups in total. The first kappa shape index (κ1) is 11.6. The van der Waals surface area contributed by atoms with E-state index in [0.717, 1.165) is 29.1 Å². The summed E-state index contributed by atoms with van der Waals surface area (Å²) < 4.78 is 0. The number of rotatable bonds is 2. The van der Waals surface area contributed by atoms with E-state index in [4.69, 9.17) is 4.99 Å². The first-order valence-corrected chi connectivity index (χ1v) is 6.35. The zero-order valence-electron chi connectivity index (χ0n) is 10.5. The van der Waals surface area contributed by atoms with Crippen molar-refractivity contribution in [2.75, 3.05) is 0 Å². The fourth-order valence-corrected chi connectivity index (χ4v) is 2.04. The van der Waals surface area contributed by atoms with Crippen molar-refractivity contribution in [2.45, 2.75) is 6.42 Å². The summed E-state index contributed by atoms with van der Waals surface area (Å²) in [6, 6.07) is 16.2. The molecule has 92 valence electrons. The van der Waals surface area contributed by atoms with Crippen molar-refractivity contribution in [1.82, 2.24) is 4.98 Å². The van der Waals surface area contributed by atoms with E-state index in [1.807, 2.05) is 48.6 Å². The number of aliphatic imine (C=N–C) groups is 1. The van der Waals surface area contributed by atoms with Crippen molar-refractivity contribution in [3.05, 3.63) is 84.2 Å². The molecule has 2 aromatic rings. The molecule has 2 heterocycles. The second-order valence-corrected chi connectivity index (χ2v) is 4.32. The Balaban J connectivity index is 2.02. The topological polar surface area (TPSA) is 25.2 Å². The van der Waals surface area contributed by atoms with Gasteiger partial charge in [0.25, 0.3) is 0 Å². The fraction of sp³-hybridized carbons (Fsp3) is 0.0588. The summed E-state index contributed by atoms with van der Waals surface area (Å²) in [6.45, 7) is 0. The Hall–Kier alpha value is -2.48. The van der Waals surface area contributed by atoms with Crippen LogP contribution in [0.5, 0.6) is 0 Å². The minimum Gasteiger partial charge on any atom is -0.255 e. The average Bonchev–Trinajstić information content (AvgIpc) is 2.75. The summed E-state index contributed by atoms with van der Waals surface area (Å²) in [6.07, 6.45) is 8.82. The van der Waals surface area contributed by atoms with E-state index in [9.17, 15) is 0 Å².